The molecule has 1 aliphatic heterocycles. The molecule has 1 fully saturated rings. The lowest BCUT2D eigenvalue weighted by Gasteiger charge is -2.32. The molecule has 4 rings (SSSR count). The van der Waals surface area contributed by atoms with Crippen LogP contribution in [-0.2, 0) is 17.9 Å². The number of fused-ring (bicyclic) bond motifs is 1. The highest BCUT2D eigenvalue weighted by molar-refractivity contribution is 5.80. The van der Waals surface area contributed by atoms with E-state index < -0.39 is 0 Å². The largest absolute Gasteiger partial charge is 0.357 e. The second-order valence-corrected chi connectivity index (χ2v) is 7.88. The number of benzene rings is 1. The summed E-state index contributed by atoms with van der Waals surface area (Å²) in [6.07, 6.45) is 4.02. The van der Waals surface area contributed by atoms with Crippen LogP contribution in [0.15, 0.2) is 48.7 Å². The fraction of sp³-hybridized carbons (Fsp3) is 0.391. The monoisotopic (exact) mass is 376 g/mol. The Bertz CT molecular complexity index is 950. The van der Waals surface area contributed by atoms with Crippen LogP contribution >= 0.6 is 0 Å². The average molecular weight is 377 g/mol. The third kappa shape index (κ3) is 3.94. The first-order valence-electron chi connectivity index (χ1n) is 10.0. The summed E-state index contributed by atoms with van der Waals surface area (Å²) in [6.45, 7) is 5.05. The molecule has 1 saturated heterocycles. The van der Waals surface area contributed by atoms with E-state index in [9.17, 15) is 4.79 Å². The molecule has 1 aliphatic rings. The normalized spacial score (nSPS) is 17.4. The number of hydrogen-bond donors (Lipinski definition) is 1. The van der Waals surface area contributed by atoms with Crippen LogP contribution in [-0.4, -0.2) is 45.8 Å². The number of piperidine rings is 1. The molecule has 1 N–H and O–H groups in total. The maximum Gasteiger partial charge on any atom is 0.219 e. The maximum absolute atomic E-state index is 11.9. The molecule has 28 heavy (non-hydrogen) atoms. The molecule has 3 heterocycles. The summed E-state index contributed by atoms with van der Waals surface area (Å²) in [6, 6.07) is 14.6. The van der Waals surface area contributed by atoms with E-state index in [-0.39, 0.29) is 5.91 Å². The lowest BCUT2D eigenvalue weighted by Crippen LogP contribution is -2.38. The van der Waals surface area contributed by atoms with Gasteiger partial charge in [-0.1, -0.05) is 30.3 Å². The Labute approximate surface area is 166 Å². The standard InChI is InChI=1S/C23H28N4O/c1-17(28)27-13-7-10-19(15-27)22-20(23-21(25-22)11-6-12-24-23)16-26(2)14-18-8-4-3-5-9-18/h3-6,8-9,11-12,19,25H,7,10,13-16H2,1-2H3/t19-/m1/s1. The third-order valence-corrected chi connectivity index (χ3v) is 5.69. The van der Waals surface area contributed by atoms with Gasteiger partial charge in [-0.2, -0.15) is 0 Å². The lowest BCUT2D eigenvalue weighted by molar-refractivity contribution is -0.130. The predicted molar refractivity (Wildman–Crippen MR) is 112 cm³/mol. The van der Waals surface area contributed by atoms with Crippen molar-refractivity contribution in [2.75, 3.05) is 20.1 Å². The van der Waals surface area contributed by atoms with Gasteiger partial charge < -0.3 is 9.88 Å². The molecule has 2 aromatic heterocycles. The van der Waals surface area contributed by atoms with Crippen molar-refractivity contribution in [1.29, 1.82) is 0 Å². The van der Waals surface area contributed by atoms with Gasteiger partial charge in [0.15, 0.2) is 0 Å². The van der Waals surface area contributed by atoms with E-state index in [0.29, 0.717) is 5.92 Å². The Morgan fingerprint density at radius 3 is 2.82 bits per heavy atom. The van der Waals surface area contributed by atoms with Gasteiger partial charge in [-0.15, -0.1) is 0 Å². The van der Waals surface area contributed by atoms with Crippen LogP contribution < -0.4 is 0 Å². The molecule has 0 aliphatic carbocycles. The van der Waals surface area contributed by atoms with Crippen molar-refractivity contribution < 1.29 is 4.79 Å². The fourth-order valence-corrected chi connectivity index (χ4v) is 4.32. The van der Waals surface area contributed by atoms with E-state index in [0.717, 1.165) is 50.1 Å². The molecule has 0 spiro atoms. The minimum absolute atomic E-state index is 0.168. The summed E-state index contributed by atoms with van der Waals surface area (Å²) >= 11 is 0. The summed E-state index contributed by atoms with van der Waals surface area (Å²) in [7, 11) is 2.15. The number of rotatable bonds is 5. The van der Waals surface area contributed by atoms with Crippen LogP contribution in [0.3, 0.4) is 0 Å². The number of nitrogens with one attached hydrogen (secondary N) is 1. The number of aromatic amines is 1. The molecule has 5 heteroatoms. The van der Waals surface area contributed by atoms with Gasteiger partial charge in [0, 0.05) is 56.5 Å². The molecule has 0 unspecified atom stereocenters. The van der Waals surface area contributed by atoms with E-state index >= 15 is 0 Å². The fourth-order valence-electron chi connectivity index (χ4n) is 4.32. The smallest absolute Gasteiger partial charge is 0.219 e. The van der Waals surface area contributed by atoms with Crippen LogP contribution in [0.4, 0.5) is 0 Å². The van der Waals surface area contributed by atoms with Gasteiger partial charge in [0.05, 0.1) is 11.0 Å². The lowest BCUT2D eigenvalue weighted by atomic mass is 9.92. The van der Waals surface area contributed by atoms with Gasteiger partial charge in [-0.05, 0) is 37.6 Å². The Morgan fingerprint density at radius 2 is 2.04 bits per heavy atom. The van der Waals surface area contributed by atoms with Crippen molar-refractivity contribution in [3.63, 3.8) is 0 Å². The molecule has 1 aromatic carbocycles. The predicted octanol–water partition coefficient (Wildman–Crippen LogP) is 3.92. The number of carbonyl (C=O) groups is 1. The van der Waals surface area contributed by atoms with Gasteiger partial charge in [-0.25, -0.2) is 0 Å². The third-order valence-electron chi connectivity index (χ3n) is 5.69. The number of pyridine rings is 1. The van der Waals surface area contributed by atoms with Crippen molar-refractivity contribution >= 4 is 16.9 Å². The highest BCUT2D eigenvalue weighted by Gasteiger charge is 2.27. The van der Waals surface area contributed by atoms with E-state index in [4.69, 9.17) is 0 Å². The first kappa shape index (κ1) is 18.7. The van der Waals surface area contributed by atoms with E-state index in [1.807, 2.05) is 17.2 Å². The zero-order valence-corrected chi connectivity index (χ0v) is 16.7. The summed E-state index contributed by atoms with van der Waals surface area (Å²) in [4.78, 5) is 24.5. The van der Waals surface area contributed by atoms with Gasteiger partial charge in [-0.3, -0.25) is 14.7 Å². The van der Waals surface area contributed by atoms with Crippen LogP contribution in [0.2, 0.25) is 0 Å². The number of aromatic nitrogens is 2. The SMILES string of the molecule is CC(=O)N1CCC[C@@H](c2[nH]c3cccnc3c2CN(C)Cc2ccccc2)C1. The Balaban J connectivity index is 1.62. The topological polar surface area (TPSA) is 52.2 Å². The molecule has 1 amide bonds. The van der Waals surface area contributed by atoms with Crippen molar-refractivity contribution in [1.82, 2.24) is 19.8 Å². The summed E-state index contributed by atoms with van der Waals surface area (Å²) < 4.78 is 0. The summed E-state index contributed by atoms with van der Waals surface area (Å²) in [5.41, 5.74) is 5.96. The summed E-state index contributed by atoms with van der Waals surface area (Å²) in [5.74, 6) is 0.508. The van der Waals surface area contributed by atoms with Gasteiger partial charge in [0.1, 0.15) is 0 Å². The molecule has 3 aromatic rings. The van der Waals surface area contributed by atoms with Crippen LogP contribution in [0, 0.1) is 0 Å². The number of likely N-dealkylation sites (tertiary alicyclic amines) is 1. The molecular formula is C23H28N4O. The van der Waals surface area contributed by atoms with E-state index in [1.165, 1.54) is 16.8 Å². The average Bonchev–Trinajstić information content (AvgIpc) is 3.07. The maximum atomic E-state index is 11.9. The Hall–Kier alpha value is -2.66. The molecule has 1 atom stereocenters. The van der Waals surface area contributed by atoms with Crippen LogP contribution in [0.5, 0.6) is 0 Å². The Morgan fingerprint density at radius 1 is 1.21 bits per heavy atom. The highest BCUT2D eigenvalue weighted by atomic mass is 16.2. The molecule has 5 nitrogen and oxygen atoms in total. The molecule has 0 saturated carbocycles. The number of hydrogen-bond acceptors (Lipinski definition) is 3. The quantitative estimate of drug-likeness (QED) is 0.734. The second-order valence-electron chi connectivity index (χ2n) is 7.88. The highest BCUT2D eigenvalue weighted by Crippen LogP contribution is 2.33. The summed E-state index contributed by atoms with van der Waals surface area (Å²) in [5, 5.41) is 0. The number of H-pyrrole nitrogens is 1. The minimum atomic E-state index is 0.168. The first-order valence-corrected chi connectivity index (χ1v) is 10.0. The number of amides is 1. The van der Waals surface area contributed by atoms with Gasteiger partial charge in [0.2, 0.25) is 5.91 Å². The van der Waals surface area contributed by atoms with E-state index in [2.05, 4.69) is 58.3 Å². The molecule has 0 bridgehead atoms. The number of nitrogens with zero attached hydrogens (tertiary/aromatic N) is 3. The zero-order chi connectivity index (χ0) is 19.5. The van der Waals surface area contributed by atoms with Crippen LogP contribution in [0.1, 0.15) is 42.5 Å². The minimum Gasteiger partial charge on any atom is -0.357 e. The molecular weight excluding hydrogens is 348 g/mol. The van der Waals surface area contributed by atoms with Crippen molar-refractivity contribution in [3.8, 4) is 0 Å². The van der Waals surface area contributed by atoms with Crippen molar-refractivity contribution in [2.24, 2.45) is 0 Å². The van der Waals surface area contributed by atoms with Crippen LogP contribution in [0.25, 0.3) is 11.0 Å². The zero-order valence-electron chi connectivity index (χ0n) is 16.7. The first-order chi connectivity index (χ1) is 13.6. The van der Waals surface area contributed by atoms with Crippen molar-refractivity contribution in [3.05, 3.63) is 65.5 Å². The van der Waals surface area contributed by atoms with Gasteiger partial charge >= 0.3 is 0 Å². The molecule has 146 valence electrons. The second kappa shape index (κ2) is 8.15. The van der Waals surface area contributed by atoms with E-state index in [1.54, 1.807) is 6.92 Å². The van der Waals surface area contributed by atoms with Crippen molar-refractivity contribution in [2.45, 2.75) is 38.8 Å². The molecule has 0 radical (unpaired) electrons. The van der Waals surface area contributed by atoms with Gasteiger partial charge in [0.25, 0.3) is 0 Å². The number of carbonyl (C=O) groups excluding carboxylic acids is 1. The Kier molecular flexibility index (Phi) is 5.44.